The Hall–Kier alpha value is -0.0400. The van der Waals surface area contributed by atoms with E-state index < -0.39 is 0 Å². The van der Waals surface area contributed by atoms with Crippen molar-refractivity contribution in [3.8, 4) is 0 Å². The fourth-order valence-electron chi connectivity index (χ4n) is 2.73. The van der Waals surface area contributed by atoms with Gasteiger partial charge in [0, 0.05) is 0 Å². The van der Waals surface area contributed by atoms with E-state index >= 15 is 0 Å². The second-order valence-electron chi connectivity index (χ2n) is 5.39. The Morgan fingerprint density at radius 2 is 1.93 bits per heavy atom. The van der Waals surface area contributed by atoms with Crippen molar-refractivity contribution in [3.63, 3.8) is 0 Å². The summed E-state index contributed by atoms with van der Waals surface area (Å²) < 4.78 is 0. The lowest BCUT2D eigenvalue weighted by Gasteiger charge is -2.21. The van der Waals surface area contributed by atoms with Crippen molar-refractivity contribution in [1.29, 1.82) is 0 Å². The highest BCUT2D eigenvalue weighted by atomic mass is 14.8. The van der Waals surface area contributed by atoms with Crippen molar-refractivity contribution in [1.82, 2.24) is 5.32 Å². The average molecular weight is 211 g/mol. The molecule has 0 aromatic rings. The second kappa shape index (κ2) is 8.15. The van der Waals surface area contributed by atoms with Gasteiger partial charge in [-0.15, -0.1) is 0 Å². The normalized spacial score (nSPS) is 20.4. The van der Waals surface area contributed by atoms with Crippen molar-refractivity contribution in [2.45, 2.75) is 65.2 Å². The van der Waals surface area contributed by atoms with Gasteiger partial charge in [0.1, 0.15) is 0 Å². The van der Waals surface area contributed by atoms with Crippen LogP contribution in [-0.2, 0) is 0 Å². The summed E-state index contributed by atoms with van der Waals surface area (Å²) in [4.78, 5) is 0. The third-order valence-electron chi connectivity index (χ3n) is 3.73. The number of rotatable bonds is 7. The molecule has 1 aliphatic carbocycles. The summed E-state index contributed by atoms with van der Waals surface area (Å²) in [6, 6.07) is 0. The summed E-state index contributed by atoms with van der Waals surface area (Å²) in [6.45, 7) is 7.11. The van der Waals surface area contributed by atoms with E-state index in [1.165, 1.54) is 64.5 Å². The topological polar surface area (TPSA) is 12.0 Å². The van der Waals surface area contributed by atoms with Crippen molar-refractivity contribution >= 4 is 0 Å². The highest BCUT2D eigenvalue weighted by molar-refractivity contribution is 4.67. The maximum Gasteiger partial charge on any atom is -0.00232 e. The van der Waals surface area contributed by atoms with E-state index in [1.54, 1.807) is 0 Å². The largest absolute Gasteiger partial charge is 0.316 e. The molecule has 1 saturated carbocycles. The van der Waals surface area contributed by atoms with Crippen molar-refractivity contribution in [2.24, 2.45) is 11.8 Å². The van der Waals surface area contributed by atoms with Crippen LogP contribution in [0, 0.1) is 11.8 Å². The smallest absolute Gasteiger partial charge is 0.00232 e. The minimum atomic E-state index is 0.862. The third-order valence-corrected chi connectivity index (χ3v) is 3.73. The van der Waals surface area contributed by atoms with Crippen molar-refractivity contribution in [3.05, 3.63) is 0 Å². The van der Waals surface area contributed by atoms with Crippen LogP contribution in [0.3, 0.4) is 0 Å². The zero-order valence-corrected chi connectivity index (χ0v) is 10.7. The molecule has 1 aliphatic rings. The molecule has 1 N–H and O–H groups in total. The Morgan fingerprint density at radius 3 is 2.60 bits per heavy atom. The molecule has 1 rings (SSSR count). The first-order chi connectivity index (χ1) is 7.33. The van der Waals surface area contributed by atoms with Crippen LogP contribution in [0.25, 0.3) is 0 Å². The Bertz CT molecular complexity index is 138. The molecule has 0 amide bonds. The van der Waals surface area contributed by atoms with Crippen LogP contribution >= 0.6 is 0 Å². The van der Waals surface area contributed by atoms with Crippen LogP contribution in [0.2, 0.25) is 0 Å². The van der Waals surface area contributed by atoms with Gasteiger partial charge in [-0.3, -0.25) is 0 Å². The van der Waals surface area contributed by atoms with Gasteiger partial charge < -0.3 is 5.32 Å². The predicted molar refractivity (Wildman–Crippen MR) is 68.1 cm³/mol. The van der Waals surface area contributed by atoms with Gasteiger partial charge >= 0.3 is 0 Å². The highest BCUT2D eigenvalue weighted by Crippen LogP contribution is 2.25. The highest BCUT2D eigenvalue weighted by Gasteiger charge is 2.12. The van der Waals surface area contributed by atoms with E-state index in [1.807, 2.05) is 0 Å². The number of nitrogens with one attached hydrogen (secondary N) is 1. The van der Waals surface area contributed by atoms with Gasteiger partial charge in [0.15, 0.2) is 0 Å². The first-order valence-electron chi connectivity index (χ1n) is 7.03. The molecule has 1 nitrogen and oxygen atoms in total. The summed E-state index contributed by atoms with van der Waals surface area (Å²) in [5.41, 5.74) is 0. The van der Waals surface area contributed by atoms with Crippen molar-refractivity contribution < 1.29 is 0 Å². The fraction of sp³-hybridized carbons (Fsp3) is 1.00. The van der Waals surface area contributed by atoms with Gasteiger partial charge in [-0.2, -0.15) is 0 Å². The number of hydrogen-bond acceptors (Lipinski definition) is 1. The lowest BCUT2D eigenvalue weighted by molar-refractivity contribution is 0.330. The monoisotopic (exact) mass is 211 g/mol. The van der Waals surface area contributed by atoms with E-state index in [9.17, 15) is 0 Å². The number of hydrogen-bond donors (Lipinski definition) is 1. The zero-order valence-electron chi connectivity index (χ0n) is 10.7. The van der Waals surface area contributed by atoms with E-state index in [0.29, 0.717) is 0 Å². The van der Waals surface area contributed by atoms with Crippen LogP contribution in [0.5, 0.6) is 0 Å². The molecule has 0 spiro atoms. The maximum atomic E-state index is 3.62. The molecule has 0 aliphatic heterocycles. The Morgan fingerprint density at radius 1 is 1.20 bits per heavy atom. The summed E-state index contributed by atoms with van der Waals surface area (Å²) in [7, 11) is 0. The minimum absolute atomic E-state index is 0.862. The van der Waals surface area contributed by atoms with Crippen LogP contribution in [0.1, 0.15) is 65.2 Å². The van der Waals surface area contributed by atoms with Gasteiger partial charge in [-0.1, -0.05) is 52.4 Å². The average Bonchev–Trinajstić information content (AvgIpc) is 2.26. The van der Waals surface area contributed by atoms with E-state index in [2.05, 4.69) is 19.2 Å². The zero-order chi connectivity index (χ0) is 10.9. The molecule has 1 unspecified atom stereocenters. The quantitative estimate of drug-likeness (QED) is 0.628. The standard InChI is InChI=1S/C14H29N/c1-3-7-13(2)12-15-11-10-14-8-5-4-6-9-14/h13-15H,3-12H2,1-2H3. The molecular weight excluding hydrogens is 182 g/mol. The van der Waals surface area contributed by atoms with Gasteiger partial charge in [0.25, 0.3) is 0 Å². The van der Waals surface area contributed by atoms with Crippen LogP contribution in [0.4, 0.5) is 0 Å². The van der Waals surface area contributed by atoms with Crippen LogP contribution in [0.15, 0.2) is 0 Å². The SMILES string of the molecule is CCCC(C)CNCCC1CCCCC1. The van der Waals surface area contributed by atoms with Gasteiger partial charge in [0.05, 0.1) is 0 Å². The van der Waals surface area contributed by atoms with Crippen LogP contribution < -0.4 is 5.32 Å². The van der Waals surface area contributed by atoms with Gasteiger partial charge in [-0.05, 0) is 37.8 Å². The molecule has 1 fully saturated rings. The summed E-state index contributed by atoms with van der Waals surface area (Å²) in [5, 5.41) is 3.62. The predicted octanol–water partition coefficient (Wildman–Crippen LogP) is 3.98. The molecule has 1 atom stereocenters. The van der Waals surface area contributed by atoms with E-state index in [0.717, 1.165) is 11.8 Å². The maximum absolute atomic E-state index is 3.62. The molecular formula is C14H29N. The summed E-state index contributed by atoms with van der Waals surface area (Å²) >= 11 is 0. The van der Waals surface area contributed by atoms with Gasteiger partial charge in [-0.25, -0.2) is 0 Å². The fourth-order valence-corrected chi connectivity index (χ4v) is 2.73. The molecule has 0 aromatic heterocycles. The Kier molecular flexibility index (Phi) is 7.08. The lowest BCUT2D eigenvalue weighted by atomic mass is 9.87. The van der Waals surface area contributed by atoms with Gasteiger partial charge in [0.2, 0.25) is 0 Å². The molecule has 1 heteroatoms. The molecule has 0 radical (unpaired) electrons. The Balaban J connectivity index is 1.91. The molecule has 0 bridgehead atoms. The molecule has 15 heavy (non-hydrogen) atoms. The Labute approximate surface area is 96.0 Å². The second-order valence-corrected chi connectivity index (χ2v) is 5.39. The molecule has 90 valence electrons. The first kappa shape index (κ1) is 13.0. The summed E-state index contributed by atoms with van der Waals surface area (Å²) in [5.74, 6) is 1.90. The van der Waals surface area contributed by atoms with E-state index in [-0.39, 0.29) is 0 Å². The molecule has 0 heterocycles. The van der Waals surface area contributed by atoms with Crippen molar-refractivity contribution in [2.75, 3.05) is 13.1 Å². The lowest BCUT2D eigenvalue weighted by Crippen LogP contribution is -2.24. The van der Waals surface area contributed by atoms with E-state index in [4.69, 9.17) is 0 Å². The summed E-state index contributed by atoms with van der Waals surface area (Å²) in [6.07, 6.45) is 11.5. The minimum Gasteiger partial charge on any atom is -0.316 e. The van der Waals surface area contributed by atoms with Crippen LogP contribution in [-0.4, -0.2) is 13.1 Å². The first-order valence-corrected chi connectivity index (χ1v) is 7.03. The molecule has 0 saturated heterocycles. The third kappa shape index (κ3) is 6.19. The molecule has 0 aromatic carbocycles.